The molecule has 0 amide bonds. The van der Waals surface area contributed by atoms with Crippen LogP contribution in [0, 0.1) is 30.6 Å². The molecule has 3 N–H and O–H groups in total. The van der Waals surface area contributed by atoms with Crippen LogP contribution in [0.5, 0.6) is 0 Å². The molecule has 0 unspecified atom stereocenters. The average molecular weight is 196 g/mol. The summed E-state index contributed by atoms with van der Waals surface area (Å²) in [4.78, 5) is 0. The van der Waals surface area contributed by atoms with Gasteiger partial charge in [-0.05, 0) is 0 Å². The maximum atomic E-state index is 9.56. The highest BCUT2D eigenvalue weighted by Crippen LogP contribution is 2.25. The van der Waals surface area contributed by atoms with Crippen LogP contribution < -0.4 is 0 Å². The van der Waals surface area contributed by atoms with Crippen molar-refractivity contribution in [1.29, 1.82) is 0 Å². The van der Waals surface area contributed by atoms with Crippen LogP contribution in [0.4, 0.5) is 0 Å². The van der Waals surface area contributed by atoms with Gasteiger partial charge in [0.25, 0.3) is 0 Å². The summed E-state index contributed by atoms with van der Waals surface area (Å²) in [5.41, 5.74) is 0. The fourth-order valence-corrected chi connectivity index (χ4v) is 1.47. The van der Waals surface area contributed by atoms with Crippen LogP contribution >= 0.6 is 0 Å². The van der Waals surface area contributed by atoms with E-state index in [-0.39, 0.29) is 6.61 Å². The Labute approximate surface area is 82.5 Å². The van der Waals surface area contributed by atoms with Crippen LogP contribution in [0.15, 0.2) is 0 Å². The Bertz CT molecular complexity index is 273. The summed E-state index contributed by atoms with van der Waals surface area (Å²) in [5, 5.41) is 27.9. The zero-order chi connectivity index (χ0) is 10.7. The van der Waals surface area contributed by atoms with Crippen LogP contribution in [0.2, 0.25) is 0 Å². The molecule has 0 aromatic heterocycles. The van der Waals surface area contributed by atoms with E-state index >= 15 is 0 Å². The van der Waals surface area contributed by atoms with Gasteiger partial charge in [0.2, 0.25) is 0 Å². The molecule has 4 heteroatoms. The van der Waals surface area contributed by atoms with Crippen molar-refractivity contribution >= 4 is 0 Å². The third kappa shape index (κ3) is 1.75. The summed E-state index contributed by atoms with van der Waals surface area (Å²) in [5.74, 6) is 3.71. The smallest absolute Gasteiger partial charge is 0.146 e. The minimum absolute atomic E-state index is 0.336. The van der Waals surface area contributed by atoms with Crippen molar-refractivity contribution in [2.45, 2.75) is 24.4 Å². The lowest BCUT2D eigenvalue weighted by Crippen LogP contribution is -2.54. The Kier molecular flexibility index (Phi) is 3.51. The molecular formula is C10H12O4. The van der Waals surface area contributed by atoms with E-state index in [9.17, 15) is 10.2 Å². The molecule has 4 nitrogen and oxygen atoms in total. The molecule has 1 heterocycles. The molecule has 1 saturated heterocycles. The summed E-state index contributed by atoms with van der Waals surface area (Å²) in [6.07, 6.45) is 6.21. The molecule has 1 aliphatic rings. The van der Waals surface area contributed by atoms with Crippen molar-refractivity contribution in [2.75, 3.05) is 6.61 Å². The van der Waals surface area contributed by atoms with E-state index < -0.39 is 30.3 Å². The molecule has 1 fully saturated rings. The van der Waals surface area contributed by atoms with Crippen molar-refractivity contribution in [1.82, 2.24) is 0 Å². The van der Waals surface area contributed by atoms with Gasteiger partial charge in [-0.15, -0.1) is 12.8 Å². The summed E-state index contributed by atoms with van der Waals surface area (Å²) in [6.45, 7) is -0.336. The van der Waals surface area contributed by atoms with Gasteiger partial charge in [0.05, 0.1) is 24.7 Å². The van der Waals surface area contributed by atoms with Crippen molar-refractivity contribution < 1.29 is 20.1 Å². The van der Waals surface area contributed by atoms with Crippen molar-refractivity contribution in [2.24, 2.45) is 5.92 Å². The van der Waals surface area contributed by atoms with Gasteiger partial charge in [0, 0.05) is 0 Å². The summed E-state index contributed by atoms with van der Waals surface area (Å²) >= 11 is 0. The number of aliphatic hydroxyl groups excluding tert-OH is 3. The standard InChI is InChI=1S/C10H12O4/c1-3-6-8(5-11)14-7(4-2)10(13)9(6)12/h1-2,6-13H,5H2/t6-,7-,8-,9+,10+/m1/s1. The largest absolute Gasteiger partial charge is 0.394 e. The van der Waals surface area contributed by atoms with E-state index in [0.29, 0.717) is 0 Å². The van der Waals surface area contributed by atoms with Crippen LogP contribution in [0.3, 0.4) is 0 Å². The lowest BCUT2D eigenvalue weighted by molar-refractivity contribution is -0.177. The van der Waals surface area contributed by atoms with Gasteiger partial charge in [-0.25, -0.2) is 0 Å². The average Bonchev–Trinajstić information content (AvgIpc) is 2.21. The Balaban J connectivity index is 2.84. The molecule has 0 spiro atoms. The van der Waals surface area contributed by atoms with Crippen LogP contribution in [0.1, 0.15) is 0 Å². The molecule has 0 saturated carbocycles. The van der Waals surface area contributed by atoms with E-state index in [4.69, 9.17) is 22.7 Å². The first-order valence-corrected chi connectivity index (χ1v) is 4.20. The summed E-state index contributed by atoms with van der Waals surface area (Å²) in [6, 6.07) is 0. The zero-order valence-electron chi connectivity index (χ0n) is 7.50. The van der Waals surface area contributed by atoms with Crippen molar-refractivity contribution in [3.8, 4) is 24.7 Å². The fraction of sp³-hybridized carbons (Fsp3) is 0.600. The maximum absolute atomic E-state index is 9.56. The van der Waals surface area contributed by atoms with Crippen LogP contribution in [0.25, 0.3) is 0 Å². The lowest BCUT2D eigenvalue weighted by Gasteiger charge is -2.38. The van der Waals surface area contributed by atoms with Gasteiger partial charge >= 0.3 is 0 Å². The topological polar surface area (TPSA) is 69.9 Å². The van der Waals surface area contributed by atoms with Crippen LogP contribution in [-0.4, -0.2) is 46.3 Å². The van der Waals surface area contributed by atoms with Gasteiger partial charge in [-0.2, -0.15) is 0 Å². The fourth-order valence-electron chi connectivity index (χ4n) is 1.47. The number of rotatable bonds is 1. The number of ether oxygens (including phenoxy) is 1. The lowest BCUT2D eigenvalue weighted by atomic mass is 9.87. The van der Waals surface area contributed by atoms with E-state index in [2.05, 4.69) is 11.8 Å². The molecule has 0 aromatic rings. The Morgan fingerprint density at radius 3 is 2.21 bits per heavy atom. The summed E-state index contributed by atoms with van der Waals surface area (Å²) in [7, 11) is 0. The predicted molar refractivity (Wildman–Crippen MR) is 48.9 cm³/mol. The predicted octanol–water partition coefficient (Wildman–Crippen LogP) is -1.65. The SMILES string of the molecule is C#C[C@H]1[C@H](O)[C@@H](O)[C@@H](C#C)O[C@@H]1CO. The Morgan fingerprint density at radius 1 is 1.14 bits per heavy atom. The van der Waals surface area contributed by atoms with Crippen molar-refractivity contribution in [3.05, 3.63) is 0 Å². The maximum Gasteiger partial charge on any atom is 0.146 e. The normalized spacial score (nSPS) is 42.5. The Morgan fingerprint density at radius 2 is 1.79 bits per heavy atom. The van der Waals surface area contributed by atoms with E-state index in [1.807, 2.05) is 0 Å². The molecule has 14 heavy (non-hydrogen) atoms. The van der Waals surface area contributed by atoms with Crippen molar-refractivity contribution in [3.63, 3.8) is 0 Å². The molecule has 0 bridgehead atoms. The quantitative estimate of drug-likeness (QED) is 0.439. The zero-order valence-corrected chi connectivity index (χ0v) is 7.50. The molecule has 0 aliphatic carbocycles. The molecule has 5 atom stereocenters. The second-order valence-electron chi connectivity index (χ2n) is 3.12. The van der Waals surface area contributed by atoms with Gasteiger partial charge in [0.15, 0.2) is 0 Å². The molecule has 1 rings (SSSR count). The van der Waals surface area contributed by atoms with Gasteiger partial charge in [-0.1, -0.05) is 11.8 Å². The third-order valence-electron chi connectivity index (χ3n) is 2.29. The number of hydrogen-bond acceptors (Lipinski definition) is 4. The van der Waals surface area contributed by atoms with Crippen LogP contribution in [-0.2, 0) is 4.74 Å². The van der Waals surface area contributed by atoms with Gasteiger partial charge in [-0.3, -0.25) is 0 Å². The minimum atomic E-state index is -1.20. The Hall–Kier alpha value is -1.04. The third-order valence-corrected chi connectivity index (χ3v) is 2.29. The number of hydrogen-bond donors (Lipinski definition) is 3. The van der Waals surface area contributed by atoms with E-state index in [1.165, 1.54) is 0 Å². The van der Waals surface area contributed by atoms with E-state index in [0.717, 1.165) is 0 Å². The van der Waals surface area contributed by atoms with E-state index in [1.54, 1.807) is 0 Å². The number of terminal acetylenes is 2. The molecule has 0 radical (unpaired) electrons. The molecule has 1 aliphatic heterocycles. The highest BCUT2D eigenvalue weighted by molar-refractivity contribution is 5.12. The monoisotopic (exact) mass is 196 g/mol. The minimum Gasteiger partial charge on any atom is -0.394 e. The highest BCUT2D eigenvalue weighted by Gasteiger charge is 2.42. The first-order valence-electron chi connectivity index (χ1n) is 4.20. The number of aliphatic hydroxyl groups is 3. The molecule has 76 valence electrons. The first-order chi connectivity index (χ1) is 6.65. The highest BCUT2D eigenvalue weighted by atomic mass is 16.5. The van der Waals surface area contributed by atoms with Gasteiger partial charge < -0.3 is 20.1 Å². The summed E-state index contributed by atoms with van der Waals surface area (Å²) < 4.78 is 5.13. The molecular weight excluding hydrogens is 184 g/mol. The molecule has 0 aromatic carbocycles. The second-order valence-corrected chi connectivity index (χ2v) is 3.12. The first kappa shape index (κ1) is 11.0. The van der Waals surface area contributed by atoms with Gasteiger partial charge in [0.1, 0.15) is 12.2 Å². The second kappa shape index (κ2) is 4.45.